The molecule has 0 saturated heterocycles. The quantitative estimate of drug-likeness (QED) is 0.219. The van der Waals surface area contributed by atoms with Crippen LogP contribution in [0.25, 0.3) is 55.4 Å². The standard InChI is InChI=1S/C35H28FN2O/c1-21(2)29-20-38(4)31(18-30(29)36)32-22(3)13-15-28-33-26(19-37)14-16-27(34(33)39-35(28)32)25-12-8-11-24(17-25)23-9-6-5-7-10-23/h5-18,20-21H,1-4H3/q+1/i1D3,2D3,21D. The molecule has 0 fully saturated rings. The van der Waals surface area contributed by atoms with Gasteiger partial charge >= 0.3 is 0 Å². The molecule has 0 amide bonds. The van der Waals surface area contributed by atoms with Gasteiger partial charge in [-0.25, -0.2) is 8.96 Å². The third kappa shape index (κ3) is 4.08. The monoisotopic (exact) mass is 518 g/mol. The van der Waals surface area contributed by atoms with Crippen molar-refractivity contribution < 1.29 is 23.0 Å². The van der Waals surface area contributed by atoms with Crippen LogP contribution < -0.4 is 4.57 Å². The van der Waals surface area contributed by atoms with Gasteiger partial charge in [-0.2, -0.15) is 5.26 Å². The Labute approximate surface area is 237 Å². The summed E-state index contributed by atoms with van der Waals surface area (Å²) < 4.78 is 79.4. The van der Waals surface area contributed by atoms with Gasteiger partial charge in [0.2, 0.25) is 5.69 Å². The van der Waals surface area contributed by atoms with Crippen molar-refractivity contribution in [1.29, 1.82) is 5.26 Å². The molecule has 0 aliphatic carbocycles. The van der Waals surface area contributed by atoms with Gasteiger partial charge in [-0.3, -0.25) is 0 Å². The number of hydrogen-bond acceptors (Lipinski definition) is 2. The molecule has 39 heavy (non-hydrogen) atoms. The third-order valence-electron chi connectivity index (χ3n) is 7.15. The van der Waals surface area contributed by atoms with Crippen molar-refractivity contribution in [1.82, 2.24) is 0 Å². The van der Waals surface area contributed by atoms with E-state index in [0.717, 1.165) is 34.5 Å². The fourth-order valence-electron chi connectivity index (χ4n) is 5.23. The van der Waals surface area contributed by atoms with E-state index in [2.05, 4.69) is 6.07 Å². The summed E-state index contributed by atoms with van der Waals surface area (Å²) in [6, 6.07) is 28.5. The van der Waals surface area contributed by atoms with E-state index in [4.69, 9.17) is 14.0 Å². The van der Waals surface area contributed by atoms with Gasteiger partial charge in [0.05, 0.1) is 22.8 Å². The van der Waals surface area contributed by atoms with E-state index in [0.29, 0.717) is 38.6 Å². The largest absolute Gasteiger partial charge is 0.454 e. The summed E-state index contributed by atoms with van der Waals surface area (Å²) >= 11 is 0. The number of aromatic nitrogens is 1. The first-order valence-corrected chi connectivity index (χ1v) is 12.4. The molecular formula is C35H28FN2O+. The van der Waals surface area contributed by atoms with E-state index in [1.165, 1.54) is 11.6 Å². The molecular weight excluding hydrogens is 483 g/mol. The summed E-state index contributed by atoms with van der Waals surface area (Å²) in [7, 11) is 1.53. The first kappa shape index (κ1) is 17.7. The number of nitrogens with zero attached hydrogens (tertiary/aromatic N) is 2. The molecule has 6 aromatic rings. The fraction of sp³-hybridized carbons (Fsp3) is 0.143. The Hall–Kier alpha value is -4.75. The number of pyridine rings is 1. The zero-order valence-corrected chi connectivity index (χ0v) is 21.3. The zero-order valence-electron chi connectivity index (χ0n) is 28.3. The molecule has 190 valence electrons. The lowest BCUT2D eigenvalue weighted by atomic mass is 9.95. The molecule has 2 heterocycles. The highest BCUT2D eigenvalue weighted by Crippen LogP contribution is 2.42. The van der Waals surface area contributed by atoms with Gasteiger partial charge in [0.1, 0.15) is 24.0 Å². The number of furan rings is 1. The van der Waals surface area contributed by atoms with Crippen LogP contribution in [0.1, 0.15) is 45.9 Å². The second-order valence-corrected chi connectivity index (χ2v) is 9.57. The highest BCUT2D eigenvalue weighted by atomic mass is 19.1. The van der Waals surface area contributed by atoms with Gasteiger partial charge in [-0.05, 0) is 53.3 Å². The van der Waals surface area contributed by atoms with Crippen LogP contribution in [-0.2, 0) is 7.05 Å². The summed E-state index contributed by atoms with van der Waals surface area (Å²) in [4.78, 5) is 0. The van der Waals surface area contributed by atoms with Crippen molar-refractivity contribution in [2.45, 2.75) is 26.5 Å². The Morgan fingerprint density at radius 3 is 2.46 bits per heavy atom. The molecule has 3 nitrogen and oxygen atoms in total. The molecule has 6 rings (SSSR count). The first-order chi connectivity index (χ1) is 21.7. The average molecular weight is 519 g/mol. The van der Waals surface area contributed by atoms with Crippen LogP contribution in [0.4, 0.5) is 4.39 Å². The van der Waals surface area contributed by atoms with Crippen LogP contribution in [0.15, 0.2) is 95.5 Å². The minimum atomic E-state index is -3.34. The molecule has 0 bridgehead atoms. The predicted octanol–water partition coefficient (Wildman–Crippen LogP) is 8.85. The maximum absolute atomic E-state index is 15.9. The van der Waals surface area contributed by atoms with E-state index >= 15 is 4.39 Å². The molecule has 4 aromatic carbocycles. The number of benzene rings is 4. The van der Waals surface area contributed by atoms with Crippen molar-refractivity contribution in [3.8, 4) is 39.6 Å². The topological polar surface area (TPSA) is 40.8 Å². The second-order valence-electron chi connectivity index (χ2n) is 9.57. The molecule has 0 saturated carbocycles. The Kier molecular flexibility index (Phi) is 4.32. The van der Waals surface area contributed by atoms with Crippen molar-refractivity contribution in [2.24, 2.45) is 7.05 Å². The minimum absolute atomic E-state index is 0.271. The lowest BCUT2D eigenvalue weighted by Crippen LogP contribution is -2.32. The maximum Gasteiger partial charge on any atom is 0.219 e. The van der Waals surface area contributed by atoms with Crippen LogP contribution in [0, 0.1) is 24.1 Å². The Balaban J connectivity index is 1.61. The predicted molar refractivity (Wildman–Crippen MR) is 155 cm³/mol. The van der Waals surface area contributed by atoms with Gasteiger partial charge < -0.3 is 4.42 Å². The Bertz CT molecular complexity index is 2180. The maximum atomic E-state index is 15.9. The summed E-state index contributed by atoms with van der Waals surface area (Å²) in [6.45, 7) is -4.88. The van der Waals surface area contributed by atoms with Crippen LogP contribution in [-0.4, -0.2) is 0 Å². The molecule has 0 unspecified atom stereocenters. The SMILES string of the molecule is [2H]C([2H])([2H])C([2H])(c1c[n+](C)c(-c2c(C)ccc3c2oc2c(-c4cccc(-c5ccccc5)c4)ccc(C#N)c23)cc1F)C([2H])([2H])[2H]. The molecule has 0 radical (unpaired) electrons. The Morgan fingerprint density at radius 2 is 1.69 bits per heavy atom. The van der Waals surface area contributed by atoms with Crippen molar-refractivity contribution in [2.75, 3.05) is 0 Å². The molecule has 4 heteroatoms. The number of fused-ring (bicyclic) bond motifs is 3. The zero-order chi connectivity index (χ0) is 33.2. The van der Waals surface area contributed by atoms with Gasteiger partial charge in [0, 0.05) is 32.0 Å². The van der Waals surface area contributed by atoms with Gasteiger partial charge in [-0.1, -0.05) is 74.4 Å². The van der Waals surface area contributed by atoms with E-state index in [1.807, 2.05) is 79.7 Å². The van der Waals surface area contributed by atoms with E-state index in [-0.39, 0.29) is 5.69 Å². The summed E-state index contributed by atoms with van der Waals surface area (Å²) in [5, 5.41) is 11.3. The van der Waals surface area contributed by atoms with Gasteiger partial charge in [0.25, 0.3) is 0 Å². The van der Waals surface area contributed by atoms with Crippen molar-refractivity contribution >= 4 is 21.9 Å². The van der Waals surface area contributed by atoms with Crippen LogP contribution in [0.5, 0.6) is 0 Å². The van der Waals surface area contributed by atoms with E-state index in [1.54, 1.807) is 6.07 Å². The van der Waals surface area contributed by atoms with E-state index in [9.17, 15) is 5.26 Å². The second kappa shape index (κ2) is 9.53. The highest BCUT2D eigenvalue weighted by molar-refractivity contribution is 6.15. The number of rotatable bonds is 4. The lowest BCUT2D eigenvalue weighted by molar-refractivity contribution is -0.661. The molecule has 0 aliphatic heterocycles. The fourth-order valence-corrected chi connectivity index (χ4v) is 5.23. The number of halogens is 1. The van der Waals surface area contributed by atoms with Crippen molar-refractivity contribution in [3.05, 3.63) is 114 Å². The van der Waals surface area contributed by atoms with E-state index < -0.39 is 31.0 Å². The van der Waals surface area contributed by atoms with Gasteiger partial charge in [0.15, 0.2) is 6.20 Å². The Morgan fingerprint density at radius 1 is 0.923 bits per heavy atom. The third-order valence-corrected chi connectivity index (χ3v) is 7.15. The molecule has 0 aliphatic rings. The number of hydrogen-bond donors (Lipinski definition) is 0. The number of nitriles is 1. The first-order valence-electron chi connectivity index (χ1n) is 15.9. The normalized spacial score (nSPS) is 15.0. The van der Waals surface area contributed by atoms with Crippen LogP contribution in [0.3, 0.4) is 0 Å². The van der Waals surface area contributed by atoms with Crippen molar-refractivity contribution in [3.63, 3.8) is 0 Å². The summed E-state index contributed by atoms with van der Waals surface area (Å²) in [5.74, 6) is -4.34. The molecule has 0 atom stereocenters. The van der Waals surface area contributed by atoms with Gasteiger partial charge in [-0.15, -0.1) is 0 Å². The summed E-state index contributed by atoms with van der Waals surface area (Å²) in [5.41, 5.74) is 5.61. The smallest absolute Gasteiger partial charge is 0.219 e. The molecule has 0 spiro atoms. The molecule has 2 aromatic heterocycles. The highest BCUT2D eigenvalue weighted by Gasteiger charge is 2.25. The minimum Gasteiger partial charge on any atom is -0.454 e. The number of aryl methyl sites for hydroxylation is 2. The average Bonchev–Trinajstić information content (AvgIpc) is 3.40. The molecule has 0 N–H and O–H groups in total. The summed E-state index contributed by atoms with van der Waals surface area (Å²) in [6.07, 6.45) is 1.05. The van der Waals surface area contributed by atoms with Crippen LogP contribution in [0.2, 0.25) is 0 Å². The van der Waals surface area contributed by atoms with Crippen LogP contribution >= 0.6 is 0 Å². The lowest BCUT2D eigenvalue weighted by Gasteiger charge is -2.09.